The zero-order valence-corrected chi connectivity index (χ0v) is 20.5. The number of amides is 1. The smallest absolute Gasteiger partial charge is 0.240 e. The maximum Gasteiger partial charge on any atom is 0.240 e. The van der Waals surface area contributed by atoms with Crippen molar-refractivity contribution in [1.82, 2.24) is 5.32 Å². The summed E-state index contributed by atoms with van der Waals surface area (Å²) in [7, 11) is -3.76. The molecule has 0 fully saturated rings. The minimum absolute atomic E-state index is 0.0928. The molecule has 30 heavy (non-hydrogen) atoms. The van der Waals surface area contributed by atoms with Crippen LogP contribution in [0.4, 0.5) is 5.69 Å². The first-order valence-electron chi connectivity index (χ1n) is 9.11. The van der Waals surface area contributed by atoms with E-state index in [1.165, 1.54) is 23.3 Å². The van der Waals surface area contributed by atoms with Gasteiger partial charge in [-0.1, -0.05) is 59.1 Å². The van der Waals surface area contributed by atoms with Crippen LogP contribution in [0.25, 0.3) is 0 Å². The summed E-state index contributed by atoms with van der Waals surface area (Å²) in [6, 6.07) is 10.9. The molecule has 1 amide bonds. The summed E-state index contributed by atoms with van der Waals surface area (Å²) >= 11 is 19.8. The highest BCUT2D eigenvalue weighted by Crippen LogP contribution is 2.35. The molecule has 164 valence electrons. The van der Waals surface area contributed by atoms with E-state index in [0.29, 0.717) is 6.54 Å². The molecule has 0 spiro atoms. The highest BCUT2D eigenvalue weighted by molar-refractivity contribution is 7.98. The fourth-order valence-corrected chi connectivity index (χ4v) is 5.22. The Hall–Kier alpha value is -1.12. The molecule has 0 saturated heterocycles. The van der Waals surface area contributed by atoms with Crippen LogP contribution in [0, 0.1) is 6.92 Å². The first-order valence-corrected chi connectivity index (χ1v) is 13.2. The number of halogens is 3. The lowest BCUT2D eigenvalue weighted by Crippen LogP contribution is -2.40. The van der Waals surface area contributed by atoms with E-state index in [1.807, 2.05) is 12.1 Å². The Bertz CT molecular complexity index is 1000. The molecule has 2 aromatic rings. The van der Waals surface area contributed by atoms with Crippen LogP contribution in [-0.2, 0) is 20.6 Å². The van der Waals surface area contributed by atoms with Gasteiger partial charge in [0.1, 0.15) is 6.54 Å². The number of hydrogen-bond acceptors (Lipinski definition) is 4. The maximum atomic E-state index is 12.3. The molecule has 0 heterocycles. The number of sulfonamides is 1. The van der Waals surface area contributed by atoms with Gasteiger partial charge in [0, 0.05) is 12.3 Å². The van der Waals surface area contributed by atoms with E-state index >= 15 is 0 Å². The van der Waals surface area contributed by atoms with E-state index in [0.717, 1.165) is 28.5 Å². The van der Waals surface area contributed by atoms with Gasteiger partial charge in [0.2, 0.25) is 15.9 Å². The van der Waals surface area contributed by atoms with Gasteiger partial charge in [-0.2, -0.15) is 11.8 Å². The number of thioether (sulfide) groups is 1. The third-order valence-electron chi connectivity index (χ3n) is 4.25. The Morgan fingerprint density at radius 3 is 2.43 bits per heavy atom. The van der Waals surface area contributed by atoms with Gasteiger partial charge < -0.3 is 5.32 Å². The van der Waals surface area contributed by atoms with Crippen molar-refractivity contribution in [2.45, 2.75) is 19.1 Å². The highest BCUT2D eigenvalue weighted by Gasteiger charge is 2.24. The SMILES string of the molecule is Cc1ccccc1CSCCCNC(=O)CN(c1cc(Cl)c(Cl)cc1Cl)S(C)(=O)=O. The second-order valence-corrected chi connectivity index (χ2v) is 10.9. The van der Waals surface area contributed by atoms with Crippen molar-refractivity contribution in [3.8, 4) is 0 Å². The molecule has 0 aliphatic rings. The monoisotopic (exact) mass is 508 g/mol. The molecule has 0 aromatic heterocycles. The van der Waals surface area contributed by atoms with Crippen molar-refractivity contribution in [2.24, 2.45) is 0 Å². The summed E-state index contributed by atoms with van der Waals surface area (Å²) in [5.41, 5.74) is 2.67. The Kier molecular flexibility index (Phi) is 9.63. The van der Waals surface area contributed by atoms with Gasteiger partial charge >= 0.3 is 0 Å². The van der Waals surface area contributed by atoms with Gasteiger partial charge in [-0.05, 0) is 42.4 Å². The minimum atomic E-state index is -3.76. The van der Waals surface area contributed by atoms with Crippen molar-refractivity contribution in [3.63, 3.8) is 0 Å². The fraction of sp³-hybridized carbons (Fsp3) is 0.350. The summed E-state index contributed by atoms with van der Waals surface area (Å²) < 4.78 is 25.3. The van der Waals surface area contributed by atoms with E-state index in [-0.39, 0.29) is 20.8 Å². The molecule has 10 heteroatoms. The first-order chi connectivity index (χ1) is 14.1. The highest BCUT2D eigenvalue weighted by atomic mass is 35.5. The lowest BCUT2D eigenvalue weighted by molar-refractivity contribution is -0.119. The van der Waals surface area contributed by atoms with Gasteiger partial charge in [-0.3, -0.25) is 9.10 Å². The van der Waals surface area contributed by atoms with Gasteiger partial charge in [0.15, 0.2) is 0 Å². The summed E-state index contributed by atoms with van der Waals surface area (Å²) in [5.74, 6) is 1.37. The molecular formula is C20H23Cl3N2O3S2. The molecule has 0 bridgehead atoms. The van der Waals surface area contributed by atoms with E-state index in [4.69, 9.17) is 34.8 Å². The molecule has 0 aliphatic heterocycles. The quantitative estimate of drug-likeness (QED) is 0.355. The van der Waals surface area contributed by atoms with Crippen molar-refractivity contribution in [1.29, 1.82) is 0 Å². The number of carbonyl (C=O) groups is 1. The van der Waals surface area contributed by atoms with E-state index < -0.39 is 22.5 Å². The predicted octanol–water partition coefficient (Wildman–Crippen LogP) is 5.16. The van der Waals surface area contributed by atoms with Gasteiger partial charge in [-0.25, -0.2) is 8.42 Å². The maximum absolute atomic E-state index is 12.3. The van der Waals surface area contributed by atoms with E-state index in [9.17, 15) is 13.2 Å². The normalized spacial score (nSPS) is 11.4. The predicted molar refractivity (Wildman–Crippen MR) is 129 cm³/mol. The number of hydrogen-bond donors (Lipinski definition) is 1. The van der Waals surface area contributed by atoms with Crippen LogP contribution >= 0.6 is 46.6 Å². The molecule has 0 unspecified atom stereocenters. The number of nitrogens with one attached hydrogen (secondary N) is 1. The molecule has 0 radical (unpaired) electrons. The van der Waals surface area contributed by atoms with Gasteiger partial charge in [0.25, 0.3) is 0 Å². The third-order valence-corrected chi connectivity index (χ3v) is 7.50. The van der Waals surface area contributed by atoms with Gasteiger partial charge in [0.05, 0.1) is 27.0 Å². The standard InChI is InChI=1S/C20H23Cl3N2O3S2/c1-14-6-3-4-7-15(14)13-29-9-5-8-24-20(26)12-25(30(2,27)28)19-11-17(22)16(21)10-18(19)23/h3-4,6-7,10-11H,5,8-9,12-13H2,1-2H3,(H,24,26). The lowest BCUT2D eigenvalue weighted by Gasteiger charge is -2.23. The molecule has 0 aliphatic carbocycles. The van der Waals surface area contributed by atoms with Crippen molar-refractivity contribution in [3.05, 3.63) is 62.6 Å². The lowest BCUT2D eigenvalue weighted by atomic mass is 10.1. The topological polar surface area (TPSA) is 66.5 Å². The molecule has 5 nitrogen and oxygen atoms in total. The van der Waals surface area contributed by atoms with Crippen LogP contribution in [0.1, 0.15) is 17.5 Å². The second kappa shape index (κ2) is 11.5. The van der Waals surface area contributed by atoms with E-state index in [2.05, 4.69) is 24.4 Å². The minimum Gasteiger partial charge on any atom is -0.354 e. The Morgan fingerprint density at radius 1 is 1.10 bits per heavy atom. The number of anilines is 1. The molecule has 0 saturated carbocycles. The summed E-state index contributed by atoms with van der Waals surface area (Å²) in [6.07, 6.45) is 1.77. The van der Waals surface area contributed by atoms with Crippen LogP contribution in [0.2, 0.25) is 15.1 Å². The van der Waals surface area contributed by atoms with Crippen LogP contribution in [0.5, 0.6) is 0 Å². The number of rotatable bonds is 10. The molecule has 1 N–H and O–H groups in total. The Balaban J connectivity index is 1.85. The zero-order chi connectivity index (χ0) is 22.3. The zero-order valence-electron chi connectivity index (χ0n) is 16.6. The molecule has 0 atom stereocenters. The van der Waals surface area contributed by atoms with Crippen molar-refractivity contribution >= 4 is 68.2 Å². The first kappa shape index (κ1) is 25.1. The molecule has 2 aromatic carbocycles. The number of aryl methyl sites for hydroxylation is 1. The fourth-order valence-electron chi connectivity index (χ4n) is 2.63. The molecule has 2 rings (SSSR count). The van der Waals surface area contributed by atoms with Crippen LogP contribution in [0.3, 0.4) is 0 Å². The van der Waals surface area contributed by atoms with Crippen LogP contribution in [0.15, 0.2) is 36.4 Å². The Morgan fingerprint density at radius 2 is 1.77 bits per heavy atom. The molecular weight excluding hydrogens is 487 g/mol. The number of carbonyl (C=O) groups excluding carboxylic acids is 1. The van der Waals surface area contributed by atoms with Crippen molar-refractivity contribution in [2.75, 3.05) is 29.4 Å². The average molecular weight is 510 g/mol. The van der Waals surface area contributed by atoms with Crippen LogP contribution in [-0.4, -0.2) is 39.4 Å². The Labute approximate surface area is 197 Å². The van der Waals surface area contributed by atoms with Crippen molar-refractivity contribution < 1.29 is 13.2 Å². The summed E-state index contributed by atoms with van der Waals surface area (Å²) in [5, 5.41) is 3.19. The average Bonchev–Trinajstić information content (AvgIpc) is 2.66. The summed E-state index contributed by atoms with van der Waals surface area (Å²) in [4.78, 5) is 12.3. The largest absolute Gasteiger partial charge is 0.354 e. The van der Waals surface area contributed by atoms with Gasteiger partial charge in [-0.15, -0.1) is 0 Å². The van der Waals surface area contributed by atoms with E-state index in [1.54, 1.807) is 11.8 Å². The number of benzene rings is 2. The second-order valence-electron chi connectivity index (χ2n) is 6.67. The summed E-state index contributed by atoms with van der Waals surface area (Å²) in [6.45, 7) is 2.14. The number of nitrogens with zero attached hydrogens (tertiary/aromatic N) is 1. The third kappa shape index (κ3) is 7.54. The van der Waals surface area contributed by atoms with Crippen LogP contribution < -0.4 is 9.62 Å².